The molecule has 0 saturated carbocycles. The predicted octanol–water partition coefficient (Wildman–Crippen LogP) is 1.40. The highest BCUT2D eigenvalue weighted by molar-refractivity contribution is 5.90. The normalized spacial score (nSPS) is 9.83. The Morgan fingerprint density at radius 3 is 2.58 bits per heavy atom. The summed E-state index contributed by atoms with van der Waals surface area (Å²) in [5.41, 5.74) is 0.185. The van der Waals surface area contributed by atoms with Gasteiger partial charge in [0.1, 0.15) is 0 Å². The molecule has 0 aliphatic rings. The lowest BCUT2D eigenvalue weighted by Gasteiger charge is -1.95. The molecule has 64 valence electrons. The van der Waals surface area contributed by atoms with Gasteiger partial charge in [-0.15, -0.1) is 0 Å². The minimum absolute atomic E-state index is 0.122. The number of carbonyl (C=O) groups is 1. The van der Waals surface area contributed by atoms with Crippen LogP contribution >= 0.6 is 0 Å². The average Bonchev–Trinajstić information content (AvgIpc) is 2.04. The van der Waals surface area contributed by atoms with Crippen LogP contribution < -0.4 is 5.63 Å². The summed E-state index contributed by atoms with van der Waals surface area (Å²) in [4.78, 5) is 21.8. The maximum absolute atomic E-state index is 11.1. The highest BCUT2D eigenvalue weighted by atomic mass is 16.4. The fraction of sp³-hybridized carbons (Fsp3) is 0.333. The number of carbonyl (C=O) groups excluding carboxylic acids is 1. The maximum atomic E-state index is 11.1. The number of rotatable bonds is 2. The van der Waals surface area contributed by atoms with Gasteiger partial charge in [0.2, 0.25) is 0 Å². The molecule has 0 aliphatic carbocycles. The average molecular weight is 166 g/mol. The molecule has 1 aromatic heterocycles. The van der Waals surface area contributed by atoms with E-state index in [-0.39, 0.29) is 11.5 Å². The van der Waals surface area contributed by atoms with Crippen LogP contribution in [0.1, 0.15) is 30.0 Å². The third-order valence-electron chi connectivity index (χ3n) is 1.63. The van der Waals surface area contributed by atoms with Gasteiger partial charge in [-0.1, -0.05) is 6.92 Å². The molecular weight excluding hydrogens is 156 g/mol. The van der Waals surface area contributed by atoms with Crippen LogP contribution in [0, 0.1) is 0 Å². The predicted molar refractivity (Wildman–Crippen MR) is 44.4 cm³/mol. The van der Waals surface area contributed by atoms with Crippen molar-refractivity contribution in [3.63, 3.8) is 0 Å². The Morgan fingerprint density at radius 2 is 2.17 bits per heavy atom. The van der Waals surface area contributed by atoms with Gasteiger partial charge in [0.15, 0.2) is 11.5 Å². The topological polar surface area (TPSA) is 47.3 Å². The number of aryl methyl sites for hydroxylation is 1. The summed E-state index contributed by atoms with van der Waals surface area (Å²) in [6.45, 7) is 3.23. The molecule has 1 rings (SSSR count). The van der Waals surface area contributed by atoms with Crippen LogP contribution in [0.25, 0.3) is 0 Å². The van der Waals surface area contributed by atoms with Crippen molar-refractivity contribution in [3.05, 3.63) is 33.9 Å². The fourth-order valence-electron chi connectivity index (χ4n) is 0.895. The molecule has 3 heteroatoms. The number of Topliss-reactive ketones (excluding diaryl/α,β-unsaturated/α-hetero) is 1. The molecule has 0 saturated heterocycles. The van der Waals surface area contributed by atoms with Gasteiger partial charge in [0.05, 0.1) is 0 Å². The van der Waals surface area contributed by atoms with Gasteiger partial charge < -0.3 is 4.42 Å². The minimum Gasteiger partial charge on any atom is -0.419 e. The van der Waals surface area contributed by atoms with Crippen LogP contribution in [-0.4, -0.2) is 5.78 Å². The minimum atomic E-state index is -0.412. The van der Waals surface area contributed by atoms with Crippen LogP contribution in [0.2, 0.25) is 0 Å². The molecule has 0 radical (unpaired) electrons. The summed E-state index contributed by atoms with van der Waals surface area (Å²) in [6, 6.07) is 3.16. The Morgan fingerprint density at radius 1 is 1.50 bits per heavy atom. The molecular formula is C9H10O3. The van der Waals surface area contributed by atoms with Crippen molar-refractivity contribution in [2.75, 3.05) is 0 Å². The molecule has 1 aromatic rings. The van der Waals surface area contributed by atoms with E-state index in [2.05, 4.69) is 0 Å². The molecule has 0 aliphatic heterocycles. The molecule has 0 bridgehead atoms. The first-order chi connectivity index (χ1) is 5.65. The fourth-order valence-corrected chi connectivity index (χ4v) is 0.895. The Bertz CT molecular complexity index is 349. The van der Waals surface area contributed by atoms with Gasteiger partial charge in [-0.05, 0) is 18.6 Å². The summed E-state index contributed by atoms with van der Waals surface area (Å²) >= 11 is 0. The monoisotopic (exact) mass is 166 g/mol. The van der Waals surface area contributed by atoms with E-state index >= 15 is 0 Å². The molecule has 12 heavy (non-hydrogen) atoms. The van der Waals surface area contributed by atoms with Crippen LogP contribution in [0.5, 0.6) is 0 Å². The first-order valence-corrected chi connectivity index (χ1v) is 3.79. The standard InChI is InChI=1S/C9H10O3/c1-3-7-4-5-8(6(2)10)12-9(7)11/h4-5H,3H2,1-2H3. The van der Waals surface area contributed by atoms with E-state index in [1.54, 1.807) is 6.07 Å². The molecule has 0 N–H and O–H groups in total. The molecule has 1 heterocycles. The molecule has 0 spiro atoms. The molecule has 0 unspecified atom stereocenters. The molecule has 0 amide bonds. The van der Waals surface area contributed by atoms with Crippen molar-refractivity contribution in [1.29, 1.82) is 0 Å². The van der Waals surface area contributed by atoms with E-state index in [1.807, 2.05) is 6.92 Å². The zero-order valence-electron chi connectivity index (χ0n) is 7.09. The first-order valence-electron chi connectivity index (χ1n) is 3.79. The third kappa shape index (κ3) is 1.61. The second kappa shape index (κ2) is 3.34. The smallest absolute Gasteiger partial charge is 0.339 e. The summed E-state index contributed by atoms with van der Waals surface area (Å²) in [5.74, 6) is -0.105. The van der Waals surface area contributed by atoms with Crippen molar-refractivity contribution < 1.29 is 9.21 Å². The van der Waals surface area contributed by atoms with Crippen molar-refractivity contribution in [2.24, 2.45) is 0 Å². The van der Waals surface area contributed by atoms with Gasteiger partial charge in [0, 0.05) is 12.5 Å². The third-order valence-corrected chi connectivity index (χ3v) is 1.63. The second-order valence-corrected chi connectivity index (χ2v) is 2.52. The largest absolute Gasteiger partial charge is 0.419 e. The summed E-state index contributed by atoms with van der Waals surface area (Å²) in [6.07, 6.45) is 0.626. The van der Waals surface area contributed by atoms with Gasteiger partial charge in [-0.2, -0.15) is 0 Å². The van der Waals surface area contributed by atoms with E-state index in [0.29, 0.717) is 12.0 Å². The SMILES string of the molecule is CCc1ccc(C(C)=O)oc1=O. The van der Waals surface area contributed by atoms with Crippen molar-refractivity contribution in [1.82, 2.24) is 0 Å². The maximum Gasteiger partial charge on any atom is 0.339 e. The molecule has 0 aromatic carbocycles. The lowest BCUT2D eigenvalue weighted by Crippen LogP contribution is -2.08. The van der Waals surface area contributed by atoms with Gasteiger partial charge in [-0.25, -0.2) is 4.79 Å². The van der Waals surface area contributed by atoms with E-state index in [4.69, 9.17) is 4.42 Å². The zero-order valence-corrected chi connectivity index (χ0v) is 7.09. The van der Waals surface area contributed by atoms with Gasteiger partial charge in [0.25, 0.3) is 0 Å². The van der Waals surface area contributed by atoms with Crippen LogP contribution in [-0.2, 0) is 6.42 Å². The van der Waals surface area contributed by atoms with Crippen molar-refractivity contribution in [2.45, 2.75) is 20.3 Å². The first kappa shape index (κ1) is 8.71. The van der Waals surface area contributed by atoms with Crippen LogP contribution in [0.4, 0.5) is 0 Å². The molecule has 3 nitrogen and oxygen atoms in total. The van der Waals surface area contributed by atoms with Crippen molar-refractivity contribution >= 4 is 5.78 Å². The number of ketones is 1. The van der Waals surface area contributed by atoms with Crippen LogP contribution in [0.3, 0.4) is 0 Å². The Balaban J connectivity index is 3.19. The summed E-state index contributed by atoms with van der Waals surface area (Å²) in [7, 11) is 0. The highest BCUT2D eigenvalue weighted by Crippen LogP contribution is 1.99. The number of hydrogen-bond donors (Lipinski definition) is 0. The van der Waals surface area contributed by atoms with Crippen LogP contribution in [0.15, 0.2) is 21.3 Å². The van der Waals surface area contributed by atoms with Gasteiger partial charge >= 0.3 is 5.63 Å². The van der Waals surface area contributed by atoms with E-state index in [1.165, 1.54) is 13.0 Å². The quantitative estimate of drug-likeness (QED) is 0.624. The second-order valence-electron chi connectivity index (χ2n) is 2.52. The molecule has 0 fully saturated rings. The lowest BCUT2D eigenvalue weighted by molar-refractivity contribution is 0.0982. The number of hydrogen-bond acceptors (Lipinski definition) is 3. The Labute approximate surface area is 70.0 Å². The lowest BCUT2D eigenvalue weighted by atomic mass is 10.2. The Kier molecular flexibility index (Phi) is 2.43. The van der Waals surface area contributed by atoms with E-state index < -0.39 is 5.63 Å². The Hall–Kier alpha value is -1.38. The summed E-state index contributed by atoms with van der Waals surface area (Å²) in [5, 5.41) is 0. The van der Waals surface area contributed by atoms with E-state index in [0.717, 1.165) is 0 Å². The van der Waals surface area contributed by atoms with Crippen molar-refractivity contribution in [3.8, 4) is 0 Å². The molecule has 0 atom stereocenters. The zero-order chi connectivity index (χ0) is 9.14. The highest BCUT2D eigenvalue weighted by Gasteiger charge is 2.04. The summed E-state index contributed by atoms with van der Waals surface area (Å²) < 4.78 is 4.76. The van der Waals surface area contributed by atoms with Gasteiger partial charge in [-0.3, -0.25) is 4.79 Å². The van der Waals surface area contributed by atoms with E-state index in [9.17, 15) is 9.59 Å².